The highest BCUT2D eigenvalue weighted by Gasteiger charge is 2.74. The van der Waals surface area contributed by atoms with E-state index in [-0.39, 0.29) is 9.68 Å². The molecule has 0 bridgehead atoms. The summed E-state index contributed by atoms with van der Waals surface area (Å²) in [4.78, 5) is -0.0845. The first kappa shape index (κ1) is 14.5. The Morgan fingerprint density at radius 1 is 1.00 bits per heavy atom. The second-order valence-corrected chi connectivity index (χ2v) is 8.45. The van der Waals surface area contributed by atoms with Crippen molar-refractivity contribution in [2.75, 3.05) is 13.2 Å². The predicted octanol–water partition coefficient (Wildman–Crippen LogP) is 4.15. The molecule has 2 aliphatic heterocycles. The van der Waals surface area contributed by atoms with Crippen molar-refractivity contribution in [3.8, 4) is 5.75 Å². The van der Waals surface area contributed by atoms with Crippen LogP contribution in [-0.2, 0) is 9.48 Å². The predicted molar refractivity (Wildman–Crippen MR) is 94.6 cm³/mol. The molecule has 114 valence electrons. The fourth-order valence-electron chi connectivity index (χ4n) is 3.06. The first-order valence-corrected chi connectivity index (χ1v) is 9.15. The zero-order valence-corrected chi connectivity index (χ0v) is 13.9. The van der Waals surface area contributed by atoms with E-state index in [0.29, 0.717) is 23.7 Å². The molecule has 2 fully saturated rings. The lowest BCUT2D eigenvalue weighted by atomic mass is 9.88. The maximum atomic E-state index is 5.95. The van der Waals surface area contributed by atoms with Crippen molar-refractivity contribution in [2.45, 2.75) is 20.2 Å². The lowest BCUT2D eigenvalue weighted by molar-refractivity contribution is 0.103. The van der Waals surface area contributed by atoms with E-state index in [9.17, 15) is 0 Å². The molecule has 3 aliphatic rings. The maximum Gasteiger partial charge on any atom is 0.146 e. The molecule has 2 nitrogen and oxygen atoms in total. The van der Waals surface area contributed by atoms with Crippen LogP contribution in [0.4, 0.5) is 0 Å². The molecule has 4 rings (SSSR count). The van der Waals surface area contributed by atoms with Gasteiger partial charge in [0.2, 0.25) is 0 Å². The first-order valence-electron chi connectivity index (χ1n) is 7.39. The number of ether oxygens (including phenoxy) is 2. The van der Waals surface area contributed by atoms with Gasteiger partial charge in [0.15, 0.2) is 0 Å². The molecule has 2 heterocycles. The van der Waals surface area contributed by atoms with E-state index in [2.05, 4.69) is 37.4 Å². The molecular formula is C18H18O2S2. The van der Waals surface area contributed by atoms with Gasteiger partial charge in [-0.2, -0.15) is 0 Å². The summed E-state index contributed by atoms with van der Waals surface area (Å²) in [5.74, 6) is 0.895. The maximum absolute atomic E-state index is 5.95. The Labute approximate surface area is 139 Å². The summed E-state index contributed by atoms with van der Waals surface area (Å²) >= 11 is 3.96. The number of benzene rings is 1. The standard InChI is InChI=1S/C18H18O2S2/c1-3-11-19-14-7-5-13(6-8-14)17-9-10-18(20-12-4-2)16(22-18)15(17)21-17/h3-10,15-16H,1-2,11-12H2. The molecule has 0 radical (unpaired) electrons. The molecule has 1 aromatic rings. The number of fused-ring (bicyclic) bond motifs is 3. The van der Waals surface area contributed by atoms with Gasteiger partial charge in [0.25, 0.3) is 0 Å². The average Bonchev–Trinajstić information content (AvgIpc) is 3.43. The van der Waals surface area contributed by atoms with Gasteiger partial charge in [-0.05, 0) is 23.8 Å². The Kier molecular flexibility index (Phi) is 3.44. The smallest absolute Gasteiger partial charge is 0.146 e. The summed E-state index contributed by atoms with van der Waals surface area (Å²) in [5.41, 5.74) is 1.36. The molecule has 0 spiro atoms. The summed E-state index contributed by atoms with van der Waals surface area (Å²) in [6, 6.07) is 8.46. The van der Waals surface area contributed by atoms with Crippen LogP contribution in [0.1, 0.15) is 5.56 Å². The quantitative estimate of drug-likeness (QED) is 0.552. The van der Waals surface area contributed by atoms with Crippen molar-refractivity contribution in [3.63, 3.8) is 0 Å². The second kappa shape index (κ2) is 5.22. The van der Waals surface area contributed by atoms with Crippen LogP contribution in [0.15, 0.2) is 61.7 Å². The van der Waals surface area contributed by atoms with Gasteiger partial charge in [-0.3, -0.25) is 0 Å². The van der Waals surface area contributed by atoms with Crippen molar-refractivity contribution in [1.29, 1.82) is 0 Å². The van der Waals surface area contributed by atoms with E-state index in [4.69, 9.17) is 9.47 Å². The van der Waals surface area contributed by atoms with Gasteiger partial charge >= 0.3 is 0 Å². The highest BCUT2D eigenvalue weighted by Crippen LogP contribution is 2.77. The molecule has 4 unspecified atom stereocenters. The molecule has 0 N–H and O–H groups in total. The van der Waals surface area contributed by atoms with E-state index < -0.39 is 0 Å². The lowest BCUT2D eigenvalue weighted by Crippen LogP contribution is -2.27. The third-order valence-corrected chi connectivity index (χ3v) is 7.61. The van der Waals surface area contributed by atoms with E-state index in [1.165, 1.54) is 5.56 Å². The van der Waals surface area contributed by atoms with Gasteiger partial charge in [-0.1, -0.05) is 36.9 Å². The lowest BCUT2D eigenvalue weighted by Gasteiger charge is -2.19. The molecule has 22 heavy (non-hydrogen) atoms. The molecule has 1 aliphatic carbocycles. The monoisotopic (exact) mass is 330 g/mol. The zero-order chi connectivity index (χ0) is 15.2. The Hall–Kier alpha value is -1.10. The van der Waals surface area contributed by atoms with Gasteiger partial charge in [0, 0.05) is 5.25 Å². The Morgan fingerprint density at radius 2 is 1.77 bits per heavy atom. The summed E-state index contributed by atoms with van der Waals surface area (Å²) in [7, 11) is 0. The Morgan fingerprint density at radius 3 is 2.50 bits per heavy atom. The van der Waals surface area contributed by atoms with Crippen LogP contribution < -0.4 is 4.74 Å². The van der Waals surface area contributed by atoms with Crippen LogP contribution in [-0.4, -0.2) is 28.6 Å². The van der Waals surface area contributed by atoms with Gasteiger partial charge < -0.3 is 9.47 Å². The minimum absolute atomic E-state index is 0.0845. The summed E-state index contributed by atoms with van der Waals surface area (Å²) < 4.78 is 11.7. The van der Waals surface area contributed by atoms with Crippen molar-refractivity contribution in [3.05, 3.63) is 67.3 Å². The Bertz CT molecular complexity index is 639. The molecule has 0 saturated carbocycles. The minimum atomic E-state index is -0.0845. The highest BCUT2D eigenvalue weighted by atomic mass is 32.2. The number of rotatable bonds is 7. The zero-order valence-electron chi connectivity index (χ0n) is 12.2. The number of thioether (sulfide) groups is 2. The largest absolute Gasteiger partial charge is 0.490 e. The van der Waals surface area contributed by atoms with Crippen LogP contribution in [0, 0.1) is 0 Å². The van der Waals surface area contributed by atoms with E-state index in [1.807, 2.05) is 41.7 Å². The summed E-state index contributed by atoms with van der Waals surface area (Å²) in [6.45, 7) is 8.56. The third-order valence-electron chi connectivity index (χ3n) is 4.28. The first-order chi connectivity index (χ1) is 10.7. The molecule has 1 aromatic carbocycles. The van der Waals surface area contributed by atoms with Crippen molar-refractivity contribution in [1.82, 2.24) is 0 Å². The van der Waals surface area contributed by atoms with Gasteiger partial charge in [0.05, 0.1) is 16.6 Å². The van der Waals surface area contributed by atoms with Crippen molar-refractivity contribution < 1.29 is 9.47 Å². The normalized spacial score (nSPS) is 36.9. The number of hydrogen-bond donors (Lipinski definition) is 0. The minimum Gasteiger partial charge on any atom is -0.490 e. The Balaban J connectivity index is 1.51. The van der Waals surface area contributed by atoms with Gasteiger partial charge in [-0.15, -0.1) is 30.1 Å². The van der Waals surface area contributed by atoms with Crippen LogP contribution in [0.2, 0.25) is 0 Å². The van der Waals surface area contributed by atoms with Crippen molar-refractivity contribution in [2.24, 2.45) is 0 Å². The molecule has 4 heteroatoms. The SMILES string of the molecule is C=CCOc1ccc(C23C=CC4(OCC=C)SC4C2S3)cc1. The average molecular weight is 330 g/mol. The second-order valence-electron chi connectivity index (χ2n) is 5.65. The van der Waals surface area contributed by atoms with E-state index in [0.717, 1.165) is 5.75 Å². The fraction of sp³-hybridized carbons (Fsp3) is 0.333. The van der Waals surface area contributed by atoms with Crippen LogP contribution >= 0.6 is 23.5 Å². The molecule has 0 amide bonds. The van der Waals surface area contributed by atoms with Gasteiger partial charge in [0.1, 0.15) is 17.3 Å². The topological polar surface area (TPSA) is 18.5 Å². The fourth-order valence-corrected chi connectivity index (χ4v) is 6.24. The van der Waals surface area contributed by atoms with Crippen LogP contribution in [0.25, 0.3) is 0 Å². The molecular weight excluding hydrogens is 312 g/mol. The molecule has 0 aromatic heterocycles. The highest BCUT2D eigenvalue weighted by molar-refractivity contribution is 8.13. The van der Waals surface area contributed by atoms with Crippen molar-refractivity contribution >= 4 is 23.5 Å². The third kappa shape index (κ3) is 2.16. The summed E-state index contributed by atoms with van der Waals surface area (Å²) in [5, 5.41) is 1.19. The van der Waals surface area contributed by atoms with E-state index >= 15 is 0 Å². The number of hydrogen-bond acceptors (Lipinski definition) is 4. The van der Waals surface area contributed by atoms with Crippen LogP contribution in [0.3, 0.4) is 0 Å². The van der Waals surface area contributed by atoms with Crippen LogP contribution in [0.5, 0.6) is 5.75 Å². The molecule has 2 saturated heterocycles. The summed E-state index contributed by atoms with van der Waals surface area (Å²) in [6.07, 6.45) is 8.17. The van der Waals surface area contributed by atoms with E-state index in [1.54, 1.807) is 6.08 Å². The van der Waals surface area contributed by atoms with Gasteiger partial charge in [-0.25, -0.2) is 0 Å². The molecule has 4 atom stereocenters.